The minimum Gasteiger partial charge on any atom is -0.479 e. The van der Waals surface area contributed by atoms with Crippen LogP contribution in [0, 0.1) is 6.92 Å². The average molecular weight is 424 g/mol. The monoisotopic (exact) mass is 423 g/mol. The molecule has 0 amide bonds. The molecule has 0 radical (unpaired) electrons. The van der Waals surface area contributed by atoms with Crippen molar-refractivity contribution in [2.75, 3.05) is 0 Å². The number of aromatic nitrogens is 1. The van der Waals surface area contributed by atoms with Crippen LogP contribution in [0.2, 0.25) is 5.02 Å². The number of ether oxygens (including phenoxy) is 1. The third kappa shape index (κ3) is 3.82. The molecule has 0 spiro atoms. The van der Waals surface area contributed by atoms with Gasteiger partial charge in [-0.3, -0.25) is 4.98 Å². The number of carboxylic acids is 1. The summed E-state index contributed by atoms with van der Waals surface area (Å²) < 4.78 is 6.03. The summed E-state index contributed by atoms with van der Waals surface area (Å²) >= 11 is 6.78. The Morgan fingerprint density at radius 3 is 2.50 bits per heavy atom. The number of fused-ring (bicyclic) bond motifs is 2. The number of aliphatic carboxylic acids is 1. The second-order valence-corrected chi connectivity index (χ2v) is 9.31. The molecule has 0 saturated heterocycles. The largest absolute Gasteiger partial charge is 0.479 e. The molecule has 5 heteroatoms. The molecule has 1 aliphatic carbocycles. The van der Waals surface area contributed by atoms with E-state index in [1.165, 1.54) is 11.1 Å². The predicted molar refractivity (Wildman–Crippen MR) is 120 cm³/mol. The summed E-state index contributed by atoms with van der Waals surface area (Å²) in [7, 11) is 0. The molecule has 1 atom stereocenters. The molecule has 0 saturated carbocycles. The molecule has 0 fully saturated rings. The first-order valence-electron chi connectivity index (χ1n) is 10.3. The molecule has 1 aromatic heterocycles. The van der Waals surface area contributed by atoms with Crippen molar-refractivity contribution in [1.29, 1.82) is 0 Å². The summed E-state index contributed by atoms with van der Waals surface area (Å²) in [6.45, 7) is 7.41. The SMILES string of the molecule is Cc1nc2ccccc2c(-c2cc3c(cc2Cl)CCC3)c1[C@H](OC(C)(C)C)C(=O)O. The number of nitrogens with zero attached hydrogens (tertiary/aromatic N) is 1. The maximum Gasteiger partial charge on any atom is 0.337 e. The van der Waals surface area contributed by atoms with Crippen molar-refractivity contribution >= 4 is 28.5 Å². The Hall–Kier alpha value is -2.43. The zero-order valence-corrected chi connectivity index (χ0v) is 18.5. The summed E-state index contributed by atoms with van der Waals surface area (Å²) in [5.41, 5.74) is 5.58. The molecule has 1 aliphatic rings. The summed E-state index contributed by atoms with van der Waals surface area (Å²) in [6.07, 6.45) is 2.01. The van der Waals surface area contributed by atoms with Gasteiger partial charge in [-0.05, 0) is 76.3 Å². The molecule has 1 heterocycles. The Bertz CT molecular complexity index is 1150. The molecule has 30 heavy (non-hydrogen) atoms. The molecule has 4 nitrogen and oxygen atoms in total. The van der Waals surface area contributed by atoms with Crippen molar-refractivity contribution in [1.82, 2.24) is 4.98 Å². The van der Waals surface area contributed by atoms with Gasteiger partial charge in [-0.25, -0.2) is 4.79 Å². The Morgan fingerprint density at radius 2 is 1.83 bits per heavy atom. The summed E-state index contributed by atoms with van der Waals surface area (Å²) in [6, 6.07) is 12.0. The number of halogens is 1. The lowest BCUT2D eigenvalue weighted by molar-refractivity contribution is -0.160. The minimum absolute atomic E-state index is 0.566. The van der Waals surface area contributed by atoms with Crippen LogP contribution in [0.3, 0.4) is 0 Å². The zero-order chi connectivity index (χ0) is 21.6. The van der Waals surface area contributed by atoms with E-state index in [1.807, 2.05) is 58.0 Å². The van der Waals surface area contributed by atoms with Crippen LogP contribution in [0.4, 0.5) is 0 Å². The lowest BCUT2D eigenvalue weighted by Crippen LogP contribution is -2.28. The van der Waals surface area contributed by atoms with Crippen LogP contribution < -0.4 is 0 Å². The predicted octanol–water partition coefficient (Wildman–Crippen LogP) is 6.29. The number of para-hydroxylation sites is 1. The average Bonchev–Trinajstić information content (AvgIpc) is 3.11. The molecule has 156 valence electrons. The normalized spacial score (nSPS) is 14.7. The van der Waals surface area contributed by atoms with Crippen LogP contribution in [0.15, 0.2) is 36.4 Å². The number of rotatable bonds is 4. The maximum absolute atomic E-state index is 12.3. The van der Waals surface area contributed by atoms with Crippen LogP contribution in [-0.4, -0.2) is 21.7 Å². The van der Waals surface area contributed by atoms with E-state index in [0.717, 1.165) is 41.3 Å². The van der Waals surface area contributed by atoms with Crippen LogP contribution in [0.25, 0.3) is 22.0 Å². The summed E-state index contributed by atoms with van der Waals surface area (Å²) in [5, 5.41) is 11.6. The van der Waals surface area contributed by atoms with Crippen LogP contribution in [0.1, 0.15) is 55.7 Å². The highest BCUT2D eigenvalue weighted by Crippen LogP contribution is 2.43. The van der Waals surface area contributed by atoms with Crippen molar-refractivity contribution in [3.05, 3.63) is 63.8 Å². The number of carbonyl (C=O) groups is 1. The molecule has 2 aromatic carbocycles. The van der Waals surface area contributed by atoms with E-state index in [0.29, 0.717) is 16.3 Å². The topological polar surface area (TPSA) is 59.4 Å². The van der Waals surface area contributed by atoms with Gasteiger partial charge in [0, 0.05) is 32.8 Å². The van der Waals surface area contributed by atoms with E-state index in [4.69, 9.17) is 21.3 Å². The van der Waals surface area contributed by atoms with E-state index in [9.17, 15) is 9.90 Å². The van der Waals surface area contributed by atoms with Crippen molar-refractivity contribution in [2.24, 2.45) is 0 Å². The summed E-state index contributed by atoms with van der Waals surface area (Å²) in [4.78, 5) is 17.0. The van der Waals surface area contributed by atoms with Gasteiger partial charge in [0.2, 0.25) is 0 Å². The van der Waals surface area contributed by atoms with E-state index >= 15 is 0 Å². The van der Waals surface area contributed by atoms with Gasteiger partial charge in [0.25, 0.3) is 0 Å². The maximum atomic E-state index is 12.3. The van der Waals surface area contributed by atoms with E-state index in [2.05, 4.69) is 6.07 Å². The van der Waals surface area contributed by atoms with Gasteiger partial charge < -0.3 is 9.84 Å². The molecular weight excluding hydrogens is 398 g/mol. The lowest BCUT2D eigenvalue weighted by atomic mass is 9.89. The van der Waals surface area contributed by atoms with Crippen LogP contribution in [-0.2, 0) is 22.4 Å². The van der Waals surface area contributed by atoms with Gasteiger partial charge in [-0.15, -0.1) is 0 Å². The van der Waals surface area contributed by atoms with Crippen molar-refractivity contribution < 1.29 is 14.6 Å². The third-order valence-electron chi connectivity index (χ3n) is 5.53. The molecular formula is C25H26ClNO3. The lowest BCUT2D eigenvalue weighted by Gasteiger charge is -2.28. The first-order chi connectivity index (χ1) is 14.2. The van der Waals surface area contributed by atoms with Gasteiger partial charge in [-0.2, -0.15) is 0 Å². The van der Waals surface area contributed by atoms with Gasteiger partial charge in [0.05, 0.1) is 11.1 Å². The van der Waals surface area contributed by atoms with Crippen molar-refractivity contribution in [2.45, 2.75) is 58.7 Å². The number of hydrogen-bond acceptors (Lipinski definition) is 3. The van der Waals surface area contributed by atoms with Gasteiger partial charge in [0.15, 0.2) is 6.10 Å². The molecule has 0 aliphatic heterocycles. The second kappa shape index (κ2) is 7.68. The van der Waals surface area contributed by atoms with Gasteiger partial charge >= 0.3 is 5.97 Å². The standard InChI is InChI=1S/C25H26ClNO3/c1-14-21(23(24(28)29)30-25(2,3)4)22(17-10-5-6-11-20(17)27-14)18-12-15-8-7-9-16(15)13-19(18)26/h5-6,10-13,23H,7-9H2,1-4H3,(H,28,29)/t23-/m0/s1. The Kier molecular flexibility index (Phi) is 5.33. The number of aryl methyl sites for hydroxylation is 3. The van der Waals surface area contributed by atoms with Crippen molar-refractivity contribution in [3.63, 3.8) is 0 Å². The van der Waals surface area contributed by atoms with Crippen molar-refractivity contribution in [3.8, 4) is 11.1 Å². The fourth-order valence-corrected chi connectivity index (χ4v) is 4.61. The Morgan fingerprint density at radius 1 is 1.17 bits per heavy atom. The van der Waals surface area contributed by atoms with E-state index in [1.54, 1.807) is 0 Å². The second-order valence-electron chi connectivity index (χ2n) is 8.91. The van der Waals surface area contributed by atoms with Crippen LogP contribution >= 0.6 is 11.6 Å². The number of hydrogen-bond donors (Lipinski definition) is 1. The first kappa shape index (κ1) is 20.8. The quantitative estimate of drug-likeness (QED) is 0.535. The fraction of sp³-hybridized carbons (Fsp3) is 0.360. The highest BCUT2D eigenvalue weighted by molar-refractivity contribution is 6.34. The molecule has 3 aromatic rings. The zero-order valence-electron chi connectivity index (χ0n) is 17.8. The Balaban J connectivity index is 2.07. The third-order valence-corrected chi connectivity index (χ3v) is 5.84. The van der Waals surface area contributed by atoms with Gasteiger partial charge in [0.1, 0.15) is 0 Å². The number of benzene rings is 2. The van der Waals surface area contributed by atoms with E-state index < -0.39 is 17.7 Å². The fourth-order valence-electron chi connectivity index (χ4n) is 4.33. The smallest absolute Gasteiger partial charge is 0.337 e. The number of carboxylic acid groups (broad SMARTS) is 1. The highest BCUT2D eigenvalue weighted by Gasteiger charge is 2.33. The number of pyridine rings is 1. The Labute approximate surface area is 181 Å². The first-order valence-corrected chi connectivity index (χ1v) is 10.6. The molecule has 0 bridgehead atoms. The van der Waals surface area contributed by atoms with Crippen LogP contribution in [0.5, 0.6) is 0 Å². The summed E-state index contributed by atoms with van der Waals surface area (Å²) in [5.74, 6) is -1.04. The molecule has 0 unspecified atom stereocenters. The van der Waals surface area contributed by atoms with Gasteiger partial charge in [-0.1, -0.05) is 29.8 Å². The van der Waals surface area contributed by atoms with E-state index in [-0.39, 0.29) is 0 Å². The molecule has 1 N–H and O–H groups in total. The molecule has 4 rings (SSSR count). The minimum atomic E-state index is -1.15. The highest BCUT2D eigenvalue weighted by atomic mass is 35.5.